The lowest BCUT2D eigenvalue weighted by Gasteiger charge is -2.19. The SMILES string of the molecule is Cc1ccc(N2C(=O)C3C4CCC(C4)C3C2=O)cc1[N+](=O)[O-]. The second-order valence-electron chi connectivity index (χ2n) is 6.62. The summed E-state index contributed by atoms with van der Waals surface area (Å²) >= 11 is 0. The molecule has 6 heteroatoms. The van der Waals surface area contributed by atoms with E-state index in [0.717, 1.165) is 19.3 Å². The van der Waals surface area contributed by atoms with Crippen LogP contribution in [-0.4, -0.2) is 16.7 Å². The fourth-order valence-electron chi connectivity index (χ4n) is 4.60. The molecule has 4 rings (SSSR count). The molecule has 2 saturated carbocycles. The molecule has 1 saturated heterocycles. The summed E-state index contributed by atoms with van der Waals surface area (Å²) in [6.07, 6.45) is 3.02. The second-order valence-corrected chi connectivity index (χ2v) is 6.62. The van der Waals surface area contributed by atoms with E-state index in [1.165, 1.54) is 11.0 Å². The molecule has 2 bridgehead atoms. The number of fused-ring (bicyclic) bond motifs is 5. The smallest absolute Gasteiger partial charge is 0.274 e. The van der Waals surface area contributed by atoms with Crippen molar-refractivity contribution in [2.45, 2.75) is 26.2 Å². The number of imide groups is 1. The van der Waals surface area contributed by atoms with Gasteiger partial charge in [-0.3, -0.25) is 19.7 Å². The molecule has 1 aliphatic heterocycles. The number of hydrogen-bond donors (Lipinski definition) is 0. The van der Waals surface area contributed by atoms with E-state index in [9.17, 15) is 19.7 Å². The molecule has 0 spiro atoms. The molecule has 0 radical (unpaired) electrons. The molecule has 1 aromatic carbocycles. The summed E-state index contributed by atoms with van der Waals surface area (Å²) < 4.78 is 0. The molecule has 114 valence electrons. The average molecular weight is 300 g/mol. The van der Waals surface area contributed by atoms with E-state index in [1.807, 2.05) is 0 Å². The van der Waals surface area contributed by atoms with E-state index in [1.54, 1.807) is 19.1 Å². The lowest BCUT2D eigenvalue weighted by Crippen LogP contribution is -2.32. The first-order chi connectivity index (χ1) is 10.5. The number of anilines is 1. The number of carbonyl (C=O) groups excluding carboxylic acids is 2. The lowest BCUT2D eigenvalue weighted by molar-refractivity contribution is -0.385. The summed E-state index contributed by atoms with van der Waals surface area (Å²) in [7, 11) is 0. The second kappa shape index (κ2) is 4.38. The van der Waals surface area contributed by atoms with Crippen LogP contribution in [0.15, 0.2) is 18.2 Å². The summed E-state index contributed by atoms with van der Waals surface area (Å²) in [5, 5.41) is 11.1. The van der Waals surface area contributed by atoms with Crippen LogP contribution in [0.4, 0.5) is 11.4 Å². The highest BCUT2D eigenvalue weighted by Gasteiger charge is 2.61. The molecule has 6 nitrogen and oxygen atoms in total. The summed E-state index contributed by atoms with van der Waals surface area (Å²) in [6.45, 7) is 1.64. The Hall–Kier alpha value is -2.24. The number of hydrogen-bond acceptors (Lipinski definition) is 4. The van der Waals surface area contributed by atoms with Crippen molar-refractivity contribution in [2.75, 3.05) is 4.90 Å². The zero-order valence-corrected chi connectivity index (χ0v) is 12.2. The Kier molecular flexibility index (Phi) is 2.67. The van der Waals surface area contributed by atoms with Crippen molar-refractivity contribution in [3.63, 3.8) is 0 Å². The van der Waals surface area contributed by atoms with Crippen molar-refractivity contribution in [3.05, 3.63) is 33.9 Å². The van der Waals surface area contributed by atoms with Gasteiger partial charge in [-0.25, -0.2) is 4.90 Å². The summed E-state index contributed by atoms with van der Waals surface area (Å²) in [5.41, 5.74) is 0.798. The van der Waals surface area contributed by atoms with E-state index in [0.29, 0.717) is 23.1 Å². The van der Waals surface area contributed by atoms with Crippen LogP contribution < -0.4 is 4.90 Å². The first-order valence-electron chi connectivity index (χ1n) is 7.62. The Morgan fingerprint density at radius 2 is 1.73 bits per heavy atom. The molecule has 2 amide bonds. The molecule has 1 aromatic rings. The van der Waals surface area contributed by atoms with Gasteiger partial charge in [0.15, 0.2) is 0 Å². The number of nitro groups is 1. The van der Waals surface area contributed by atoms with Crippen molar-refractivity contribution in [3.8, 4) is 0 Å². The summed E-state index contributed by atoms with van der Waals surface area (Å²) in [4.78, 5) is 37.2. The third-order valence-electron chi connectivity index (χ3n) is 5.58. The van der Waals surface area contributed by atoms with Gasteiger partial charge in [-0.2, -0.15) is 0 Å². The molecule has 2 aliphatic carbocycles. The van der Waals surface area contributed by atoms with Gasteiger partial charge >= 0.3 is 0 Å². The van der Waals surface area contributed by atoms with Crippen LogP contribution in [0.5, 0.6) is 0 Å². The van der Waals surface area contributed by atoms with Crippen LogP contribution >= 0.6 is 0 Å². The Morgan fingerprint density at radius 3 is 2.27 bits per heavy atom. The van der Waals surface area contributed by atoms with Crippen LogP contribution in [0, 0.1) is 40.7 Å². The van der Waals surface area contributed by atoms with E-state index in [4.69, 9.17) is 0 Å². The maximum absolute atomic E-state index is 12.7. The molecule has 3 fully saturated rings. The predicted octanol–water partition coefficient (Wildman–Crippen LogP) is 2.44. The van der Waals surface area contributed by atoms with E-state index >= 15 is 0 Å². The molecule has 0 aromatic heterocycles. The fraction of sp³-hybridized carbons (Fsp3) is 0.500. The Morgan fingerprint density at radius 1 is 1.14 bits per heavy atom. The number of nitro benzene ring substituents is 1. The molecule has 0 N–H and O–H groups in total. The van der Waals surface area contributed by atoms with Gasteiger partial charge in [0.1, 0.15) is 0 Å². The summed E-state index contributed by atoms with van der Waals surface area (Å²) in [5.74, 6) is -0.104. The van der Waals surface area contributed by atoms with Gasteiger partial charge in [-0.05, 0) is 44.1 Å². The van der Waals surface area contributed by atoms with E-state index in [-0.39, 0.29) is 29.3 Å². The minimum atomic E-state index is -0.478. The number of amides is 2. The van der Waals surface area contributed by atoms with Gasteiger partial charge in [-0.15, -0.1) is 0 Å². The van der Waals surface area contributed by atoms with Gasteiger partial charge in [0.25, 0.3) is 5.69 Å². The average Bonchev–Trinajstić information content (AvgIpc) is 3.14. The highest BCUT2D eigenvalue weighted by atomic mass is 16.6. The molecule has 4 atom stereocenters. The minimum Gasteiger partial charge on any atom is -0.274 e. The maximum atomic E-state index is 12.7. The monoisotopic (exact) mass is 300 g/mol. The Balaban J connectivity index is 1.75. The van der Waals surface area contributed by atoms with Crippen molar-refractivity contribution in [1.29, 1.82) is 0 Å². The van der Waals surface area contributed by atoms with Gasteiger partial charge in [0, 0.05) is 11.6 Å². The normalized spacial score (nSPS) is 32.7. The topological polar surface area (TPSA) is 80.5 Å². The number of carbonyl (C=O) groups is 2. The van der Waals surface area contributed by atoms with Crippen molar-refractivity contribution in [1.82, 2.24) is 0 Å². The predicted molar refractivity (Wildman–Crippen MR) is 78.1 cm³/mol. The van der Waals surface area contributed by atoms with Gasteiger partial charge in [0.2, 0.25) is 11.8 Å². The highest BCUT2D eigenvalue weighted by Crippen LogP contribution is 2.56. The standard InChI is InChI=1S/C16H16N2O4/c1-8-2-5-11(7-12(8)18(21)22)17-15(19)13-9-3-4-10(6-9)14(13)16(17)20/h2,5,7,9-10,13-14H,3-4,6H2,1H3. The van der Waals surface area contributed by atoms with Gasteiger partial charge in [-0.1, -0.05) is 6.07 Å². The van der Waals surface area contributed by atoms with Crippen molar-refractivity contribution in [2.24, 2.45) is 23.7 Å². The molecule has 4 unspecified atom stereocenters. The Labute approximate surface area is 127 Å². The quantitative estimate of drug-likeness (QED) is 0.477. The molecule has 22 heavy (non-hydrogen) atoms. The zero-order chi connectivity index (χ0) is 15.6. The largest absolute Gasteiger partial charge is 0.274 e. The molecular formula is C16H16N2O4. The summed E-state index contributed by atoms with van der Waals surface area (Å²) in [6, 6.07) is 4.56. The number of rotatable bonds is 2. The minimum absolute atomic E-state index is 0.0573. The first kappa shape index (κ1) is 13.4. The first-order valence-corrected chi connectivity index (χ1v) is 7.62. The number of nitrogens with zero attached hydrogens (tertiary/aromatic N) is 2. The third kappa shape index (κ3) is 1.60. The Bertz CT molecular complexity index is 686. The van der Waals surface area contributed by atoms with Gasteiger partial charge < -0.3 is 0 Å². The lowest BCUT2D eigenvalue weighted by atomic mass is 9.81. The van der Waals surface area contributed by atoms with Crippen molar-refractivity contribution < 1.29 is 14.5 Å². The molecule has 1 heterocycles. The number of aryl methyl sites for hydroxylation is 1. The van der Waals surface area contributed by atoms with Crippen LogP contribution in [0.25, 0.3) is 0 Å². The van der Waals surface area contributed by atoms with E-state index < -0.39 is 4.92 Å². The molecule has 3 aliphatic rings. The fourth-order valence-corrected chi connectivity index (χ4v) is 4.60. The van der Waals surface area contributed by atoms with Crippen molar-refractivity contribution >= 4 is 23.2 Å². The maximum Gasteiger partial charge on any atom is 0.274 e. The third-order valence-corrected chi connectivity index (χ3v) is 5.58. The van der Waals surface area contributed by atoms with Crippen LogP contribution in [0.2, 0.25) is 0 Å². The van der Waals surface area contributed by atoms with Crippen LogP contribution in [0.3, 0.4) is 0 Å². The van der Waals surface area contributed by atoms with E-state index in [2.05, 4.69) is 0 Å². The zero-order valence-electron chi connectivity index (χ0n) is 12.2. The van der Waals surface area contributed by atoms with Crippen LogP contribution in [0.1, 0.15) is 24.8 Å². The van der Waals surface area contributed by atoms with Gasteiger partial charge in [0.05, 0.1) is 22.4 Å². The highest BCUT2D eigenvalue weighted by molar-refractivity contribution is 6.22. The number of benzene rings is 1. The molecular weight excluding hydrogens is 284 g/mol. The van der Waals surface area contributed by atoms with Crippen LogP contribution in [-0.2, 0) is 9.59 Å².